The fraction of sp³-hybridized carbons (Fsp3) is 0.160. The van der Waals surface area contributed by atoms with Gasteiger partial charge in [0.1, 0.15) is 5.82 Å². The normalized spacial score (nSPS) is 11.9. The third-order valence-electron chi connectivity index (χ3n) is 5.03. The summed E-state index contributed by atoms with van der Waals surface area (Å²) in [6, 6.07) is 15.2. The number of hydrogen-bond acceptors (Lipinski definition) is 6. The van der Waals surface area contributed by atoms with Crippen LogP contribution < -0.4 is 10.0 Å². The molecule has 1 amide bonds. The zero-order chi connectivity index (χ0) is 25.8. The molecular formula is C25H23FN2O6S. The van der Waals surface area contributed by atoms with E-state index >= 15 is 0 Å². The standard InChI is InChI=1S/C25H23FN2O6S/c1-15-14-19(26)10-13-23(15)35(32,33)28-22-7-5-4-6-21(22)25(31)34-17(3)24(30)27-20-11-8-18(9-12-20)16(2)29/h4-14,17,28H,1-3H3,(H,27,30). The Hall–Kier alpha value is -4.05. The predicted octanol–water partition coefficient (Wildman–Crippen LogP) is 4.32. The van der Waals surface area contributed by atoms with Gasteiger partial charge in [-0.3, -0.25) is 14.3 Å². The molecular weight excluding hydrogens is 475 g/mol. The third-order valence-corrected chi connectivity index (χ3v) is 6.56. The van der Waals surface area contributed by atoms with Gasteiger partial charge in [0.25, 0.3) is 15.9 Å². The molecule has 0 heterocycles. The molecule has 8 nitrogen and oxygen atoms in total. The van der Waals surface area contributed by atoms with Crippen LogP contribution in [0.5, 0.6) is 0 Å². The van der Waals surface area contributed by atoms with Crippen molar-refractivity contribution in [2.24, 2.45) is 0 Å². The average Bonchev–Trinajstić information content (AvgIpc) is 2.79. The molecule has 0 aliphatic rings. The molecule has 3 aromatic carbocycles. The van der Waals surface area contributed by atoms with Crippen LogP contribution in [-0.4, -0.2) is 32.2 Å². The van der Waals surface area contributed by atoms with Gasteiger partial charge in [0.15, 0.2) is 11.9 Å². The second-order valence-electron chi connectivity index (χ2n) is 7.73. The van der Waals surface area contributed by atoms with E-state index in [-0.39, 0.29) is 27.5 Å². The maximum absolute atomic E-state index is 13.4. The summed E-state index contributed by atoms with van der Waals surface area (Å²) in [5, 5.41) is 2.58. The number of amides is 1. The number of nitrogens with one attached hydrogen (secondary N) is 2. The van der Waals surface area contributed by atoms with Gasteiger partial charge in [0, 0.05) is 11.3 Å². The fourth-order valence-corrected chi connectivity index (χ4v) is 4.48. The summed E-state index contributed by atoms with van der Waals surface area (Å²) in [5.74, 6) is -2.23. The molecule has 0 aliphatic heterocycles. The molecule has 0 aromatic heterocycles. The third kappa shape index (κ3) is 6.30. The van der Waals surface area contributed by atoms with Crippen LogP contribution in [0.2, 0.25) is 0 Å². The predicted molar refractivity (Wildman–Crippen MR) is 128 cm³/mol. The lowest BCUT2D eigenvalue weighted by Gasteiger charge is -2.16. The summed E-state index contributed by atoms with van der Waals surface area (Å²) in [7, 11) is -4.14. The maximum Gasteiger partial charge on any atom is 0.341 e. The molecule has 2 N–H and O–H groups in total. The van der Waals surface area contributed by atoms with E-state index in [0.717, 1.165) is 18.2 Å². The van der Waals surface area contributed by atoms with Gasteiger partial charge < -0.3 is 10.1 Å². The number of hydrogen-bond donors (Lipinski definition) is 2. The topological polar surface area (TPSA) is 119 Å². The summed E-state index contributed by atoms with van der Waals surface area (Å²) in [6.45, 7) is 4.24. The number of carbonyl (C=O) groups excluding carboxylic acids is 3. The lowest BCUT2D eigenvalue weighted by molar-refractivity contribution is -0.123. The first-order chi connectivity index (χ1) is 16.5. The number of benzene rings is 3. The molecule has 0 saturated heterocycles. The molecule has 35 heavy (non-hydrogen) atoms. The molecule has 0 bridgehead atoms. The van der Waals surface area contributed by atoms with Crippen molar-refractivity contribution < 1.29 is 31.9 Å². The van der Waals surface area contributed by atoms with Crippen molar-refractivity contribution in [3.63, 3.8) is 0 Å². The highest BCUT2D eigenvalue weighted by atomic mass is 32.2. The summed E-state index contributed by atoms with van der Waals surface area (Å²) < 4.78 is 46.6. The first-order valence-corrected chi connectivity index (χ1v) is 12.0. The van der Waals surface area contributed by atoms with Crippen molar-refractivity contribution in [3.8, 4) is 0 Å². The fourth-order valence-electron chi connectivity index (χ4n) is 3.17. The van der Waals surface area contributed by atoms with Gasteiger partial charge in [-0.25, -0.2) is 17.6 Å². The lowest BCUT2D eigenvalue weighted by Crippen LogP contribution is -2.30. The van der Waals surface area contributed by atoms with E-state index in [2.05, 4.69) is 10.0 Å². The first kappa shape index (κ1) is 25.6. The highest BCUT2D eigenvalue weighted by Gasteiger charge is 2.24. The number of halogens is 1. The molecule has 1 unspecified atom stereocenters. The van der Waals surface area contributed by atoms with Crippen LogP contribution in [0.1, 0.15) is 40.1 Å². The van der Waals surface area contributed by atoms with E-state index in [1.54, 1.807) is 24.3 Å². The number of rotatable bonds is 8. The minimum Gasteiger partial charge on any atom is -0.449 e. The monoisotopic (exact) mass is 498 g/mol. The number of esters is 1. The highest BCUT2D eigenvalue weighted by molar-refractivity contribution is 7.92. The highest BCUT2D eigenvalue weighted by Crippen LogP contribution is 2.24. The van der Waals surface area contributed by atoms with Crippen molar-refractivity contribution in [3.05, 3.63) is 89.2 Å². The molecule has 0 aliphatic carbocycles. The van der Waals surface area contributed by atoms with Crippen molar-refractivity contribution in [1.29, 1.82) is 0 Å². The molecule has 0 saturated carbocycles. The Balaban J connectivity index is 1.73. The SMILES string of the molecule is CC(=O)c1ccc(NC(=O)C(C)OC(=O)c2ccccc2NS(=O)(=O)c2ccc(F)cc2C)cc1. The number of sulfonamides is 1. The molecule has 1 atom stereocenters. The number of aryl methyl sites for hydroxylation is 1. The Morgan fingerprint density at radius 2 is 1.63 bits per heavy atom. The number of carbonyl (C=O) groups is 3. The Morgan fingerprint density at radius 3 is 2.26 bits per heavy atom. The first-order valence-electron chi connectivity index (χ1n) is 10.5. The van der Waals surface area contributed by atoms with Crippen LogP contribution >= 0.6 is 0 Å². The number of ether oxygens (including phenoxy) is 1. The van der Waals surface area contributed by atoms with Gasteiger partial charge in [-0.1, -0.05) is 12.1 Å². The van der Waals surface area contributed by atoms with E-state index in [1.807, 2.05) is 0 Å². The van der Waals surface area contributed by atoms with Crippen molar-refractivity contribution in [2.75, 3.05) is 10.0 Å². The summed E-state index contributed by atoms with van der Waals surface area (Å²) in [5.41, 5.74) is 0.914. The van der Waals surface area contributed by atoms with E-state index in [0.29, 0.717) is 11.3 Å². The van der Waals surface area contributed by atoms with Crippen LogP contribution in [0.4, 0.5) is 15.8 Å². The Bertz CT molecular complexity index is 1390. The number of para-hydroxylation sites is 1. The number of ketones is 1. The molecule has 3 aromatic rings. The molecule has 0 radical (unpaired) electrons. The van der Waals surface area contributed by atoms with Gasteiger partial charge in [0.2, 0.25) is 0 Å². The van der Waals surface area contributed by atoms with Gasteiger partial charge in [-0.15, -0.1) is 0 Å². The maximum atomic E-state index is 13.4. The molecule has 10 heteroatoms. The molecule has 182 valence electrons. The van der Waals surface area contributed by atoms with Gasteiger partial charge in [0.05, 0.1) is 16.1 Å². The van der Waals surface area contributed by atoms with Crippen LogP contribution in [-0.2, 0) is 19.6 Å². The zero-order valence-corrected chi connectivity index (χ0v) is 20.0. The number of Topliss-reactive ketones (excluding diaryl/α,β-unsaturated/α-hetero) is 1. The zero-order valence-electron chi connectivity index (χ0n) is 19.2. The van der Waals surface area contributed by atoms with E-state index in [4.69, 9.17) is 4.74 Å². The molecule has 0 spiro atoms. The van der Waals surface area contributed by atoms with Crippen LogP contribution in [0.25, 0.3) is 0 Å². The van der Waals surface area contributed by atoms with Gasteiger partial charge >= 0.3 is 5.97 Å². The minimum absolute atomic E-state index is 0.0614. The second-order valence-corrected chi connectivity index (χ2v) is 9.38. The smallest absolute Gasteiger partial charge is 0.341 e. The average molecular weight is 499 g/mol. The van der Waals surface area contributed by atoms with Crippen molar-refractivity contribution in [2.45, 2.75) is 31.8 Å². The largest absolute Gasteiger partial charge is 0.449 e. The van der Waals surface area contributed by atoms with Crippen molar-refractivity contribution >= 4 is 39.1 Å². The van der Waals surface area contributed by atoms with Crippen LogP contribution in [0.3, 0.4) is 0 Å². The Kier molecular flexibility index (Phi) is 7.65. The van der Waals surface area contributed by atoms with Crippen LogP contribution in [0.15, 0.2) is 71.6 Å². The Labute approximate surface area is 202 Å². The van der Waals surface area contributed by atoms with Crippen molar-refractivity contribution in [1.82, 2.24) is 0 Å². The summed E-state index contributed by atoms with van der Waals surface area (Å²) in [6.07, 6.45) is -1.21. The molecule has 3 rings (SSSR count). The van der Waals surface area contributed by atoms with E-state index in [9.17, 15) is 27.2 Å². The Morgan fingerprint density at radius 1 is 0.971 bits per heavy atom. The second kappa shape index (κ2) is 10.5. The van der Waals surface area contributed by atoms with Crippen LogP contribution in [0, 0.1) is 12.7 Å². The molecule has 0 fully saturated rings. The van der Waals surface area contributed by atoms with Gasteiger partial charge in [-0.05, 0) is 80.9 Å². The van der Waals surface area contributed by atoms with Gasteiger partial charge in [-0.2, -0.15) is 0 Å². The summed E-state index contributed by atoms with van der Waals surface area (Å²) in [4.78, 5) is 36.4. The number of anilines is 2. The summed E-state index contributed by atoms with van der Waals surface area (Å²) >= 11 is 0. The van der Waals surface area contributed by atoms with E-state index in [1.165, 1.54) is 45.0 Å². The lowest BCUT2D eigenvalue weighted by atomic mass is 10.1. The minimum atomic E-state index is -4.14. The quantitative estimate of drug-likeness (QED) is 0.353. The van der Waals surface area contributed by atoms with E-state index < -0.39 is 33.8 Å².